The standard InChI is InChI=1S/C20H23N3OS/c1-13(2)24-16-8-6-7-15(11-16)19-18(17-9-4-5-10-21-17)22-20-23(19)12-14(3)25-20/h4-11,13-14,18-19H,12H2,1-3H3/t14-,18-,19+/m0/s1. The largest absolute Gasteiger partial charge is 0.491 e. The molecule has 5 heteroatoms. The number of fused-ring (bicyclic) bond motifs is 1. The minimum absolute atomic E-state index is 0.0329. The Morgan fingerprint density at radius 3 is 2.84 bits per heavy atom. The lowest BCUT2D eigenvalue weighted by Crippen LogP contribution is -2.28. The Labute approximate surface area is 153 Å². The van der Waals surface area contributed by atoms with Crippen LogP contribution in [0, 0.1) is 0 Å². The predicted octanol–water partition coefficient (Wildman–Crippen LogP) is 4.46. The molecule has 0 spiro atoms. The normalized spacial score (nSPS) is 25.2. The molecule has 2 aliphatic heterocycles. The highest BCUT2D eigenvalue weighted by molar-refractivity contribution is 8.14. The van der Waals surface area contributed by atoms with Crippen molar-refractivity contribution in [2.24, 2.45) is 4.99 Å². The number of thioether (sulfide) groups is 1. The van der Waals surface area contributed by atoms with E-state index in [0.717, 1.165) is 23.2 Å². The second kappa shape index (κ2) is 6.71. The molecule has 1 fully saturated rings. The summed E-state index contributed by atoms with van der Waals surface area (Å²) in [4.78, 5) is 12.0. The monoisotopic (exact) mass is 353 g/mol. The molecule has 0 saturated carbocycles. The first-order valence-electron chi connectivity index (χ1n) is 8.80. The molecular formula is C20H23N3OS. The lowest BCUT2D eigenvalue weighted by molar-refractivity contribution is 0.241. The molecule has 2 aliphatic rings. The Kier molecular flexibility index (Phi) is 4.42. The van der Waals surface area contributed by atoms with Crippen LogP contribution in [0.15, 0.2) is 53.7 Å². The van der Waals surface area contributed by atoms with E-state index in [4.69, 9.17) is 9.73 Å². The van der Waals surface area contributed by atoms with Gasteiger partial charge in [0.2, 0.25) is 0 Å². The zero-order chi connectivity index (χ0) is 17.4. The van der Waals surface area contributed by atoms with Gasteiger partial charge in [-0.2, -0.15) is 0 Å². The van der Waals surface area contributed by atoms with Crippen LogP contribution in [0.3, 0.4) is 0 Å². The van der Waals surface area contributed by atoms with E-state index in [2.05, 4.69) is 54.9 Å². The fraction of sp³-hybridized carbons (Fsp3) is 0.400. The smallest absolute Gasteiger partial charge is 0.160 e. The maximum Gasteiger partial charge on any atom is 0.160 e. The lowest BCUT2D eigenvalue weighted by Gasteiger charge is -2.27. The summed E-state index contributed by atoms with van der Waals surface area (Å²) >= 11 is 1.86. The molecule has 0 amide bonds. The molecule has 0 aliphatic carbocycles. The van der Waals surface area contributed by atoms with Crippen LogP contribution in [-0.4, -0.2) is 33.0 Å². The summed E-state index contributed by atoms with van der Waals surface area (Å²) in [5, 5.41) is 1.71. The second-order valence-corrected chi connectivity index (χ2v) is 8.28. The maximum atomic E-state index is 5.91. The molecule has 0 unspecified atom stereocenters. The Hall–Kier alpha value is -2.01. The number of aliphatic imine (C=N–C) groups is 1. The third-order valence-corrected chi connectivity index (χ3v) is 5.55. The number of amidine groups is 1. The maximum absolute atomic E-state index is 5.91. The molecule has 1 saturated heterocycles. The molecule has 1 aromatic carbocycles. The van der Waals surface area contributed by atoms with Crippen LogP contribution in [0.1, 0.15) is 44.1 Å². The number of rotatable bonds is 4. The molecule has 130 valence electrons. The second-order valence-electron chi connectivity index (χ2n) is 6.88. The Morgan fingerprint density at radius 1 is 1.20 bits per heavy atom. The van der Waals surface area contributed by atoms with E-state index >= 15 is 0 Å². The van der Waals surface area contributed by atoms with Crippen molar-refractivity contribution in [3.63, 3.8) is 0 Å². The fourth-order valence-corrected chi connectivity index (χ4v) is 4.62. The minimum Gasteiger partial charge on any atom is -0.491 e. The van der Waals surface area contributed by atoms with Crippen LogP contribution in [0.5, 0.6) is 5.75 Å². The molecule has 4 rings (SSSR count). The molecule has 4 nitrogen and oxygen atoms in total. The van der Waals surface area contributed by atoms with Gasteiger partial charge in [0.25, 0.3) is 0 Å². The van der Waals surface area contributed by atoms with Crippen LogP contribution in [-0.2, 0) is 0 Å². The molecule has 0 radical (unpaired) electrons. The van der Waals surface area contributed by atoms with E-state index in [9.17, 15) is 0 Å². The lowest BCUT2D eigenvalue weighted by atomic mass is 9.96. The third-order valence-electron chi connectivity index (χ3n) is 4.45. The van der Waals surface area contributed by atoms with E-state index in [1.807, 2.05) is 36.2 Å². The average Bonchev–Trinajstić information content (AvgIpc) is 3.11. The van der Waals surface area contributed by atoms with Gasteiger partial charge in [-0.1, -0.05) is 36.9 Å². The zero-order valence-electron chi connectivity index (χ0n) is 14.8. The number of aromatic nitrogens is 1. The molecule has 2 aromatic rings. The van der Waals surface area contributed by atoms with Gasteiger partial charge in [0, 0.05) is 18.0 Å². The van der Waals surface area contributed by atoms with E-state index < -0.39 is 0 Å². The number of hydrogen-bond acceptors (Lipinski definition) is 5. The summed E-state index contributed by atoms with van der Waals surface area (Å²) in [6.07, 6.45) is 2.02. The van der Waals surface area contributed by atoms with E-state index in [1.54, 1.807) is 0 Å². The number of ether oxygens (including phenoxy) is 1. The summed E-state index contributed by atoms with van der Waals surface area (Å²) in [6, 6.07) is 14.7. The molecule has 3 atom stereocenters. The van der Waals surface area contributed by atoms with Crippen molar-refractivity contribution in [3.05, 3.63) is 59.9 Å². The molecule has 0 bridgehead atoms. The first-order valence-corrected chi connectivity index (χ1v) is 9.68. The summed E-state index contributed by atoms with van der Waals surface area (Å²) in [7, 11) is 0. The van der Waals surface area contributed by atoms with Crippen molar-refractivity contribution in [3.8, 4) is 5.75 Å². The Morgan fingerprint density at radius 2 is 2.08 bits per heavy atom. The van der Waals surface area contributed by atoms with Gasteiger partial charge in [0.05, 0.1) is 17.8 Å². The van der Waals surface area contributed by atoms with E-state index in [1.165, 1.54) is 5.56 Å². The van der Waals surface area contributed by atoms with Crippen molar-refractivity contribution >= 4 is 16.9 Å². The van der Waals surface area contributed by atoms with Crippen molar-refractivity contribution in [2.75, 3.05) is 6.54 Å². The third kappa shape index (κ3) is 3.25. The summed E-state index contributed by atoms with van der Waals surface area (Å²) in [5.74, 6) is 0.917. The SMILES string of the molecule is CC(C)Oc1cccc([C@@H]2[C@H](c3ccccn3)N=C3S[C@@H](C)CN32)c1. The Bertz CT molecular complexity index is 778. The number of pyridine rings is 1. The first kappa shape index (κ1) is 16.5. The van der Waals surface area contributed by atoms with Crippen molar-refractivity contribution in [1.82, 2.24) is 9.88 Å². The molecule has 1 aromatic heterocycles. The zero-order valence-corrected chi connectivity index (χ0v) is 15.6. The van der Waals surface area contributed by atoms with Gasteiger partial charge in [-0.3, -0.25) is 9.98 Å². The van der Waals surface area contributed by atoms with Gasteiger partial charge in [-0.15, -0.1) is 0 Å². The number of hydrogen-bond donors (Lipinski definition) is 0. The van der Waals surface area contributed by atoms with Gasteiger partial charge in [0.15, 0.2) is 5.17 Å². The van der Waals surface area contributed by atoms with Gasteiger partial charge in [0.1, 0.15) is 11.8 Å². The molecule has 25 heavy (non-hydrogen) atoms. The van der Waals surface area contributed by atoms with Crippen LogP contribution < -0.4 is 4.74 Å². The van der Waals surface area contributed by atoms with Crippen molar-refractivity contribution in [1.29, 1.82) is 0 Å². The molecule has 0 N–H and O–H groups in total. The molecular weight excluding hydrogens is 330 g/mol. The Balaban J connectivity index is 1.72. The molecule has 3 heterocycles. The van der Waals surface area contributed by atoms with Gasteiger partial charge < -0.3 is 9.64 Å². The number of benzene rings is 1. The summed E-state index contributed by atoms with van der Waals surface area (Å²) < 4.78 is 5.91. The van der Waals surface area contributed by atoms with E-state index in [-0.39, 0.29) is 18.2 Å². The van der Waals surface area contributed by atoms with Gasteiger partial charge in [-0.05, 0) is 43.7 Å². The minimum atomic E-state index is 0.0329. The van der Waals surface area contributed by atoms with Crippen molar-refractivity contribution < 1.29 is 4.74 Å². The summed E-state index contributed by atoms with van der Waals surface area (Å²) in [5.41, 5.74) is 2.26. The van der Waals surface area contributed by atoms with Gasteiger partial charge in [-0.25, -0.2) is 0 Å². The average molecular weight is 353 g/mol. The van der Waals surface area contributed by atoms with Crippen LogP contribution >= 0.6 is 11.8 Å². The fourth-order valence-electron chi connectivity index (χ4n) is 3.52. The summed E-state index contributed by atoms with van der Waals surface area (Å²) in [6.45, 7) is 7.39. The highest BCUT2D eigenvalue weighted by Gasteiger charge is 2.43. The highest BCUT2D eigenvalue weighted by atomic mass is 32.2. The predicted molar refractivity (Wildman–Crippen MR) is 103 cm³/mol. The topological polar surface area (TPSA) is 37.7 Å². The van der Waals surface area contributed by atoms with Crippen molar-refractivity contribution in [2.45, 2.75) is 44.2 Å². The van der Waals surface area contributed by atoms with E-state index in [0.29, 0.717) is 5.25 Å². The first-order chi connectivity index (χ1) is 12.1. The van der Waals surface area contributed by atoms with Gasteiger partial charge >= 0.3 is 0 Å². The van der Waals surface area contributed by atoms with Crippen LogP contribution in [0.2, 0.25) is 0 Å². The highest BCUT2D eigenvalue weighted by Crippen LogP contribution is 2.47. The quantitative estimate of drug-likeness (QED) is 0.813. The van der Waals surface area contributed by atoms with Crippen LogP contribution in [0.25, 0.3) is 0 Å². The van der Waals surface area contributed by atoms with Crippen LogP contribution in [0.4, 0.5) is 0 Å². The number of nitrogens with zero attached hydrogens (tertiary/aromatic N) is 3.